The number of hydrogen-bond donors (Lipinski definition) is 3. The van der Waals surface area contributed by atoms with Crippen LogP contribution in [0.1, 0.15) is 29.5 Å². The van der Waals surface area contributed by atoms with Crippen molar-refractivity contribution in [2.24, 2.45) is 17.6 Å². The third-order valence-corrected chi connectivity index (χ3v) is 7.25. The summed E-state index contributed by atoms with van der Waals surface area (Å²) in [5.74, 6) is -2.63. The number of nitrogens with two attached hydrogens (primary N) is 1. The topological polar surface area (TPSA) is 131 Å². The largest absolute Gasteiger partial charge is 0.497 e. The quantitative estimate of drug-likeness (QED) is 0.553. The molecule has 3 aliphatic heterocycles. The zero-order valence-corrected chi connectivity index (χ0v) is 19.0. The molecule has 176 valence electrons. The van der Waals surface area contributed by atoms with E-state index in [2.05, 4.69) is 10.6 Å². The van der Waals surface area contributed by atoms with E-state index in [9.17, 15) is 19.2 Å². The molecule has 0 saturated carbocycles. The first-order valence-electron chi connectivity index (χ1n) is 11.2. The van der Waals surface area contributed by atoms with Crippen molar-refractivity contribution in [2.75, 3.05) is 12.4 Å². The Balaban J connectivity index is 1.56. The van der Waals surface area contributed by atoms with Gasteiger partial charge in [0.2, 0.25) is 23.6 Å². The number of hydrogen-bond acceptors (Lipinski definition) is 6. The van der Waals surface area contributed by atoms with Gasteiger partial charge < -0.3 is 15.8 Å². The van der Waals surface area contributed by atoms with E-state index >= 15 is 0 Å². The van der Waals surface area contributed by atoms with E-state index in [1.165, 1.54) is 4.90 Å². The third-order valence-electron chi connectivity index (χ3n) is 7.25. The molecule has 2 fully saturated rings. The maximum absolute atomic E-state index is 13.8. The Morgan fingerprint density at radius 2 is 1.85 bits per heavy atom. The van der Waals surface area contributed by atoms with Gasteiger partial charge in [0, 0.05) is 23.7 Å². The van der Waals surface area contributed by atoms with Crippen molar-refractivity contribution in [1.82, 2.24) is 10.2 Å². The summed E-state index contributed by atoms with van der Waals surface area (Å²) in [7, 11) is 1.56. The standard InChI is InChI=1S/C25H26N4O5/c1-13-4-3-5-16-21(13)27-24(33)25(16)20-19(17(28-25)10-11-18(26)30)22(31)29(23(20)32)12-14-6-8-15(34-2)9-7-14/h3-9,17,19-20,28H,10-12H2,1-2H3,(H2,26,30)(H,27,33). The molecule has 4 atom stereocenters. The molecule has 4 unspecified atom stereocenters. The first-order valence-corrected chi connectivity index (χ1v) is 11.2. The van der Waals surface area contributed by atoms with Gasteiger partial charge in [0.15, 0.2) is 0 Å². The zero-order chi connectivity index (χ0) is 24.2. The fourth-order valence-corrected chi connectivity index (χ4v) is 5.65. The number of fused-ring (bicyclic) bond motifs is 4. The van der Waals surface area contributed by atoms with Crippen molar-refractivity contribution in [1.29, 1.82) is 0 Å². The predicted molar refractivity (Wildman–Crippen MR) is 122 cm³/mol. The SMILES string of the molecule is COc1ccc(CN2C(=O)C3C(CCC(N)=O)NC4(C(=O)Nc5c(C)cccc54)C3C2=O)cc1. The summed E-state index contributed by atoms with van der Waals surface area (Å²) in [6.45, 7) is 1.97. The van der Waals surface area contributed by atoms with Crippen LogP contribution in [-0.2, 0) is 31.3 Å². The van der Waals surface area contributed by atoms with E-state index < -0.39 is 35.2 Å². The summed E-state index contributed by atoms with van der Waals surface area (Å²) < 4.78 is 5.18. The lowest BCUT2D eigenvalue weighted by Gasteiger charge is -2.29. The Morgan fingerprint density at radius 1 is 1.12 bits per heavy atom. The highest BCUT2D eigenvalue weighted by atomic mass is 16.5. The Morgan fingerprint density at radius 3 is 2.53 bits per heavy atom. The number of nitrogens with one attached hydrogen (secondary N) is 2. The van der Waals surface area contributed by atoms with Gasteiger partial charge in [-0.2, -0.15) is 0 Å². The number of aryl methyl sites for hydroxylation is 1. The van der Waals surface area contributed by atoms with Gasteiger partial charge in [-0.1, -0.05) is 30.3 Å². The number of amides is 4. The fourth-order valence-electron chi connectivity index (χ4n) is 5.65. The van der Waals surface area contributed by atoms with E-state index in [1.54, 1.807) is 31.4 Å². The second-order valence-electron chi connectivity index (χ2n) is 9.13. The van der Waals surface area contributed by atoms with Gasteiger partial charge in [0.05, 0.1) is 25.5 Å². The first kappa shape index (κ1) is 22.1. The number of likely N-dealkylation sites (tertiary alicyclic amines) is 1. The van der Waals surface area contributed by atoms with Gasteiger partial charge in [0.25, 0.3) is 0 Å². The van der Waals surface area contributed by atoms with E-state index in [4.69, 9.17) is 10.5 Å². The molecule has 9 heteroatoms. The summed E-state index contributed by atoms with van der Waals surface area (Å²) in [5.41, 5.74) is 6.94. The molecule has 9 nitrogen and oxygen atoms in total. The number of carbonyl (C=O) groups is 4. The highest BCUT2D eigenvalue weighted by Crippen LogP contribution is 2.54. The predicted octanol–water partition coefficient (Wildman–Crippen LogP) is 1.19. The zero-order valence-electron chi connectivity index (χ0n) is 19.0. The van der Waals surface area contributed by atoms with E-state index in [1.807, 2.05) is 25.1 Å². The van der Waals surface area contributed by atoms with Gasteiger partial charge >= 0.3 is 0 Å². The smallest absolute Gasteiger partial charge is 0.250 e. The van der Waals surface area contributed by atoms with Crippen LogP contribution in [0, 0.1) is 18.8 Å². The van der Waals surface area contributed by atoms with Crippen LogP contribution in [0.25, 0.3) is 0 Å². The summed E-state index contributed by atoms with van der Waals surface area (Å²) >= 11 is 0. The van der Waals surface area contributed by atoms with Gasteiger partial charge in [-0.25, -0.2) is 0 Å². The van der Waals surface area contributed by atoms with Crippen LogP contribution in [-0.4, -0.2) is 41.7 Å². The number of benzene rings is 2. The number of nitrogens with zero attached hydrogens (tertiary/aromatic N) is 1. The molecule has 2 aromatic carbocycles. The average Bonchev–Trinajstić information content (AvgIpc) is 3.40. The van der Waals surface area contributed by atoms with Crippen LogP contribution in [0.5, 0.6) is 5.75 Å². The Kier molecular flexibility index (Phi) is 5.16. The molecule has 3 heterocycles. The van der Waals surface area contributed by atoms with Crippen LogP contribution >= 0.6 is 0 Å². The molecule has 4 amide bonds. The number of carbonyl (C=O) groups excluding carboxylic acids is 4. The lowest BCUT2D eigenvalue weighted by molar-refractivity contribution is -0.143. The average molecular weight is 463 g/mol. The summed E-state index contributed by atoms with van der Waals surface area (Å²) in [6.07, 6.45) is 0.293. The second-order valence-corrected chi connectivity index (χ2v) is 9.13. The number of anilines is 1. The molecule has 5 rings (SSSR count). The van der Waals surface area contributed by atoms with E-state index in [0.29, 0.717) is 17.0 Å². The van der Waals surface area contributed by atoms with Gasteiger partial charge in [0.1, 0.15) is 11.3 Å². The third kappa shape index (κ3) is 3.11. The second kappa shape index (κ2) is 7.95. The number of methoxy groups -OCH3 is 1. The molecule has 3 aliphatic rings. The van der Waals surface area contributed by atoms with Gasteiger partial charge in [-0.15, -0.1) is 0 Å². The number of ether oxygens (including phenoxy) is 1. The van der Waals surface area contributed by atoms with Gasteiger partial charge in [-0.05, 0) is 36.6 Å². The molecule has 2 saturated heterocycles. The minimum Gasteiger partial charge on any atom is -0.497 e. The summed E-state index contributed by atoms with van der Waals surface area (Å²) in [4.78, 5) is 53.6. The molecular formula is C25H26N4O5. The summed E-state index contributed by atoms with van der Waals surface area (Å²) in [6, 6.07) is 12.1. The van der Waals surface area contributed by atoms with E-state index in [0.717, 1.165) is 11.1 Å². The molecule has 2 aromatic rings. The van der Waals surface area contributed by atoms with Crippen molar-refractivity contribution >= 4 is 29.3 Å². The van der Waals surface area contributed by atoms with Crippen LogP contribution in [0.2, 0.25) is 0 Å². The Hall–Kier alpha value is -3.72. The highest BCUT2D eigenvalue weighted by molar-refractivity contribution is 6.15. The van der Waals surface area contributed by atoms with Gasteiger partial charge in [-0.3, -0.25) is 29.4 Å². The molecule has 0 aliphatic carbocycles. The molecule has 0 radical (unpaired) electrons. The van der Waals surface area contributed by atoms with Crippen LogP contribution in [0.3, 0.4) is 0 Å². The molecule has 1 spiro atoms. The number of imide groups is 1. The minimum absolute atomic E-state index is 0.0409. The van der Waals surface area contributed by atoms with Crippen LogP contribution < -0.4 is 21.1 Å². The molecule has 4 N–H and O–H groups in total. The molecular weight excluding hydrogens is 436 g/mol. The highest BCUT2D eigenvalue weighted by Gasteiger charge is 2.70. The number of para-hydroxylation sites is 1. The lowest BCUT2D eigenvalue weighted by Crippen LogP contribution is -2.53. The van der Waals surface area contributed by atoms with Crippen molar-refractivity contribution in [3.8, 4) is 5.75 Å². The maximum atomic E-state index is 13.8. The maximum Gasteiger partial charge on any atom is 0.250 e. The molecule has 0 aromatic heterocycles. The summed E-state index contributed by atoms with van der Waals surface area (Å²) in [5, 5.41) is 6.23. The monoisotopic (exact) mass is 462 g/mol. The van der Waals surface area contributed by atoms with E-state index in [-0.39, 0.29) is 31.2 Å². The van der Waals surface area contributed by atoms with Crippen LogP contribution in [0.15, 0.2) is 42.5 Å². The molecule has 0 bridgehead atoms. The van der Waals surface area contributed by atoms with Crippen molar-refractivity contribution in [3.05, 3.63) is 59.2 Å². The molecule has 34 heavy (non-hydrogen) atoms. The Bertz CT molecular complexity index is 1210. The lowest BCUT2D eigenvalue weighted by atomic mass is 9.76. The minimum atomic E-state index is -1.38. The van der Waals surface area contributed by atoms with Crippen molar-refractivity contribution in [3.63, 3.8) is 0 Å². The number of primary amides is 1. The van der Waals surface area contributed by atoms with Crippen LogP contribution in [0.4, 0.5) is 5.69 Å². The fraction of sp³-hybridized carbons (Fsp3) is 0.360. The first-order chi connectivity index (χ1) is 16.3. The number of rotatable bonds is 6. The van der Waals surface area contributed by atoms with Crippen molar-refractivity contribution < 1.29 is 23.9 Å². The normalized spacial score (nSPS) is 27.2. The van der Waals surface area contributed by atoms with Crippen molar-refractivity contribution in [2.45, 2.75) is 37.9 Å². The Labute approximate surface area is 196 Å².